The van der Waals surface area contributed by atoms with Gasteiger partial charge in [-0.15, -0.1) is 0 Å². The molecule has 0 saturated heterocycles. The predicted octanol–water partition coefficient (Wildman–Crippen LogP) is 7.06. The van der Waals surface area contributed by atoms with Crippen molar-refractivity contribution in [3.63, 3.8) is 0 Å². The third-order valence-corrected chi connectivity index (χ3v) is 6.16. The Balaban J connectivity index is 1.54. The highest BCUT2D eigenvalue weighted by molar-refractivity contribution is 6.35. The quantitative estimate of drug-likeness (QED) is 0.245. The molecular weight excluding hydrogens is 474 g/mol. The highest BCUT2D eigenvalue weighted by atomic mass is 35.5. The van der Waals surface area contributed by atoms with Crippen molar-refractivity contribution < 1.29 is 19.4 Å². The molecule has 0 atom stereocenters. The molecule has 0 aliphatic carbocycles. The van der Waals surface area contributed by atoms with Crippen molar-refractivity contribution in [2.75, 3.05) is 0 Å². The minimum Gasteiger partial charge on any atom is -0.489 e. The van der Waals surface area contributed by atoms with Crippen molar-refractivity contribution in [3.8, 4) is 16.9 Å². The van der Waals surface area contributed by atoms with Gasteiger partial charge in [-0.05, 0) is 41.5 Å². The molecule has 1 aromatic heterocycles. The number of hydrogen-bond acceptors (Lipinski definition) is 4. The number of benzene rings is 4. The summed E-state index contributed by atoms with van der Waals surface area (Å²) in [6.45, 7) is 0.266. The SMILES string of the molecule is O=C(O)c1ccc(COc2cccc(-c3c(C(=O)c4ccccc4)cnc4c(Cl)cccc34)c2)cc1. The van der Waals surface area contributed by atoms with Gasteiger partial charge in [0.2, 0.25) is 0 Å². The normalized spacial score (nSPS) is 10.8. The fraction of sp³-hybridized carbons (Fsp3) is 0.0333. The number of halogens is 1. The summed E-state index contributed by atoms with van der Waals surface area (Å²) in [7, 11) is 0. The number of hydrogen-bond donors (Lipinski definition) is 1. The summed E-state index contributed by atoms with van der Waals surface area (Å²) in [5.41, 5.74) is 4.24. The summed E-state index contributed by atoms with van der Waals surface area (Å²) in [4.78, 5) is 29.1. The molecule has 1 N–H and O–H groups in total. The second-order valence-electron chi connectivity index (χ2n) is 8.20. The molecule has 0 saturated carbocycles. The van der Waals surface area contributed by atoms with Gasteiger partial charge in [0.1, 0.15) is 12.4 Å². The molecule has 4 aromatic carbocycles. The first-order valence-corrected chi connectivity index (χ1v) is 11.6. The number of aromatic nitrogens is 1. The average molecular weight is 494 g/mol. The van der Waals surface area contributed by atoms with Gasteiger partial charge in [-0.3, -0.25) is 9.78 Å². The highest BCUT2D eigenvalue weighted by Crippen LogP contribution is 2.36. The molecule has 0 bridgehead atoms. The van der Waals surface area contributed by atoms with Gasteiger partial charge in [0.05, 0.1) is 16.1 Å². The maximum Gasteiger partial charge on any atom is 0.335 e. The monoisotopic (exact) mass is 493 g/mol. The molecule has 1 heterocycles. The Morgan fingerprint density at radius 3 is 2.33 bits per heavy atom. The van der Waals surface area contributed by atoms with Crippen molar-refractivity contribution in [3.05, 3.63) is 131 Å². The lowest BCUT2D eigenvalue weighted by Crippen LogP contribution is -2.05. The smallest absolute Gasteiger partial charge is 0.335 e. The molecule has 0 fully saturated rings. The van der Waals surface area contributed by atoms with Crippen LogP contribution in [0.3, 0.4) is 0 Å². The molecule has 0 aliphatic rings. The Bertz CT molecular complexity index is 1580. The summed E-state index contributed by atoms with van der Waals surface area (Å²) in [6, 6.07) is 28.7. The minimum absolute atomic E-state index is 0.134. The van der Waals surface area contributed by atoms with Crippen molar-refractivity contribution in [2.24, 2.45) is 0 Å². The first-order valence-electron chi connectivity index (χ1n) is 11.2. The average Bonchev–Trinajstić information content (AvgIpc) is 2.92. The van der Waals surface area contributed by atoms with E-state index in [4.69, 9.17) is 21.4 Å². The molecule has 0 radical (unpaired) electrons. The molecule has 0 aliphatic heterocycles. The van der Waals surface area contributed by atoms with Crippen molar-refractivity contribution >= 4 is 34.3 Å². The summed E-state index contributed by atoms with van der Waals surface area (Å²) >= 11 is 6.44. The zero-order valence-electron chi connectivity index (χ0n) is 19.0. The van der Waals surface area contributed by atoms with Gasteiger partial charge in [0.15, 0.2) is 5.78 Å². The number of carboxylic acids is 1. The highest BCUT2D eigenvalue weighted by Gasteiger charge is 2.19. The fourth-order valence-electron chi connectivity index (χ4n) is 4.07. The van der Waals surface area contributed by atoms with E-state index in [1.165, 1.54) is 0 Å². The number of ether oxygens (including phenoxy) is 1. The van der Waals surface area contributed by atoms with Crippen LogP contribution >= 0.6 is 11.6 Å². The second kappa shape index (κ2) is 10.0. The number of rotatable bonds is 7. The van der Waals surface area contributed by atoms with Crippen LogP contribution in [0.4, 0.5) is 0 Å². The van der Waals surface area contributed by atoms with Crippen LogP contribution in [0, 0.1) is 0 Å². The van der Waals surface area contributed by atoms with Crippen LogP contribution in [0.2, 0.25) is 5.02 Å². The number of para-hydroxylation sites is 1. The molecule has 5 rings (SSSR count). The Kier molecular flexibility index (Phi) is 6.48. The molecule has 36 heavy (non-hydrogen) atoms. The Morgan fingerprint density at radius 1 is 0.833 bits per heavy atom. The number of fused-ring (bicyclic) bond motifs is 1. The molecule has 0 unspecified atom stereocenters. The van der Waals surface area contributed by atoms with Crippen LogP contribution < -0.4 is 4.74 Å². The zero-order valence-corrected chi connectivity index (χ0v) is 19.8. The first-order chi connectivity index (χ1) is 17.5. The third kappa shape index (κ3) is 4.69. The minimum atomic E-state index is -0.972. The van der Waals surface area contributed by atoms with Crippen LogP contribution in [0.5, 0.6) is 5.75 Å². The van der Waals surface area contributed by atoms with Gasteiger partial charge < -0.3 is 9.84 Å². The van der Waals surface area contributed by atoms with E-state index in [1.54, 1.807) is 48.7 Å². The van der Waals surface area contributed by atoms with E-state index in [2.05, 4.69) is 4.98 Å². The van der Waals surface area contributed by atoms with E-state index < -0.39 is 5.97 Å². The maximum absolute atomic E-state index is 13.5. The number of pyridine rings is 1. The van der Waals surface area contributed by atoms with Gasteiger partial charge >= 0.3 is 5.97 Å². The Morgan fingerprint density at radius 2 is 1.58 bits per heavy atom. The topological polar surface area (TPSA) is 76.5 Å². The van der Waals surface area contributed by atoms with Crippen LogP contribution in [-0.2, 0) is 6.61 Å². The maximum atomic E-state index is 13.5. The van der Waals surface area contributed by atoms with Gasteiger partial charge in [-0.25, -0.2) is 4.79 Å². The van der Waals surface area contributed by atoms with Crippen LogP contribution in [-0.4, -0.2) is 21.8 Å². The van der Waals surface area contributed by atoms with Crippen LogP contribution in [0.1, 0.15) is 31.8 Å². The molecule has 5 nitrogen and oxygen atoms in total. The number of carbonyl (C=O) groups is 2. The molecule has 0 spiro atoms. The first kappa shape index (κ1) is 23.3. The number of nitrogens with zero attached hydrogens (tertiary/aromatic N) is 1. The van der Waals surface area contributed by atoms with Gasteiger partial charge in [-0.2, -0.15) is 0 Å². The fourth-order valence-corrected chi connectivity index (χ4v) is 4.29. The molecule has 0 amide bonds. The summed E-state index contributed by atoms with van der Waals surface area (Å²) < 4.78 is 6.00. The summed E-state index contributed by atoms with van der Waals surface area (Å²) in [5, 5.41) is 10.4. The largest absolute Gasteiger partial charge is 0.489 e. The number of carboxylic acid groups (broad SMARTS) is 1. The summed E-state index contributed by atoms with van der Waals surface area (Å²) in [6.07, 6.45) is 1.58. The van der Waals surface area contributed by atoms with Crippen molar-refractivity contribution in [2.45, 2.75) is 6.61 Å². The van der Waals surface area contributed by atoms with E-state index >= 15 is 0 Å². The van der Waals surface area contributed by atoms with Crippen molar-refractivity contribution in [1.29, 1.82) is 0 Å². The van der Waals surface area contributed by atoms with Gasteiger partial charge in [-0.1, -0.05) is 78.3 Å². The lowest BCUT2D eigenvalue weighted by Gasteiger charge is -2.14. The standard InChI is InChI=1S/C30H20ClNO4/c31-26-11-5-10-24-27(25(17-32-28(24)26)29(33)20-6-2-1-3-7-20)22-8-4-9-23(16-22)36-18-19-12-14-21(15-13-19)30(34)35/h1-17H,18H2,(H,34,35). The lowest BCUT2D eigenvalue weighted by atomic mass is 9.92. The number of carbonyl (C=O) groups excluding carboxylic acids is 1. The summed E-state index contributed by atoms with van der Waals surface area (Å²) in [5.74, 6) is -0.495. The Hall–Kier alpha value is -4.48. The lowest BCUT2D eigenvalue weighted by molar-refractivity contribution is 0.0696. The van der Waals surface area contributed by atoms with E-state index in [1.807, 2.05) is 54.6 Å². The number of ketones is 1. The van der Waals surface area contributed by atoms with E-state index in [-0.39, 0.29) is 18.0 Å². The molecule has 5 aromatic rings. The van der Waals surface area contributed by atoms with Crippen LogP contribution in [0.25, 0.3) is 22.0 Å². The van der Waals surface area contributed by atoms with Crippen molar-refractivity contribution in [1.82, 2.24) is 4.98 Å². The van der Waals surface area contributed by atoms with E-state index in [9.17, 15) is 9.59 Å². The van der Waals surface area contributed by atoms with Gasteiger partial charge in [0, 0.05) is 28.3 Å². The van der Waals surface area contributed by atoms with Gasteiger partial charge in [0.25, 0.3) is 0 Å². The third-order valence-electron chi connectivity index (χ3n) is 5.86. The number of aromatic carboxylic acids is 1. The van der Waals surface area contributed by atoms with E-state index in [0.29, 0.717) is 27.4 Å². The molecular formula is C30H20ClNO4. The zero-order chi connectivity index (χ0) is 25.1. The predicted molar refractivity (Wildman–Crippen MR) is 140 cm³/mol. The molecule has 6 heteroatoms. The Labute approximate surface area is 212 Å². The van der Waals surface area contributed by atoms with Crippen LogP contribution in [0.15, 0.2) is 103 Å². The molecule has 176 valence electrons. The van der Waals surface area contributed by atoms with E-state index in [0.717, 1.165) is 22.1 Å². The second-order valence-corrected chi connectivity index (χ2v) is 8.60.